The number of benzene rings is 2. The Kier molecular flexibility index (Phi) is 2.91. The van der Waals surface area contributed by atoms with Gasteiger partial charge in [-0.3, -0.25) is 0 Å². The molecule has 0 unspecified atom stereocenters. The molecule has 19 heavy (non-hydrogen) atoms. The maximum Gasteiger partial charge on any atom is 0.139 e. The summed E-state index contributed by atoms with van der Waals surface area (Å²) in [4.78, 5) is 0. The van der Waals surface area contributed by atoms with Crippen molar-refractivity contribution in [2.24, 2.45) is 0 Å². The average molecular weight is 338 g/mol. The Hall–Kier alpha value is -0.990. The topological polar surface area (TPSA) is 13.1 Å². The fraction of sp³-hybridized carbons (Fsp3) is 0.250. The van der Waals surface area contributed by atoms with Crippen molar-refractivity contribution in [2.75, 3.05) is 0 Å². The summed E-state index contributed by atoms with van der Waals surface area (Å²) in [5.74, 6) is 0. The van der Waals surface area contributed by atoms with Gasteiger partial charge < -0.3 is 4.42 Å². The Morgan fingerprint density at radius 2 is 1.79 bits per heavy atom. The molecule has 0 N–H and O–H groups in total. The van der Waals surface area contributed by atoms with Gasteiger partial charge in [0.05, 0.1) is 0 Å². The Labute approximate surface area is 125 Å². The van der Waals surface area contributed by atoms with Gasteiger partial charge in [-0.15, -0.1) is 0 Å². The molecule has 98 valence electrons. The van der Waals surface area contributed by atoms with E-state index in [9.17, 15) is 0 Å². The normalized spacial score (nSPS) is 12.5. The second-order valence-corrected chi connectivity index (χ2v) is 7.17. The molecule has 0 aliphatic carbocycles. The predicted octanol–water partition coefficient (Wildman–Crippen LogP) is 6.30. The van der Waals surface area contributed by atoms with Crippen LogP contribution in [0.4, 0.5) is 0 Å². The third-order valence-corrected chi connectivity index (χ3v) is 4.02. The van der Waals surface area contributed by atoms with Crippen molar-refractivity contribution < 1.29 is 4.42 Å². The summed E-state index contributed by atoms with van der Waals surface area (Å²) in [6, 6.07) is 10.0. The number of hydrogen-bond acceptors (Lipinski definition) is 1. The average Bonchev–Trinajstić information content (AvgIpc) is 2.65. The highest BCUT2D eigenvalue weighted by Gasteiger charge is 2.21. The molecular weight excluding hydrogens is 324 g/mol. The fourth-order valence-corrected chi connectivity index (χ4v) is 2.95. The van der Waals surface area contributed by atoms with E-state index in [1.54, 1.807) is 0 Å². The molecule has 1 nitrogen and oxygen atoms in total. The molecular formula is C16H14BrClO. The van der Waals surface area contributed by atoms with Gasteiger partial charge >= 0.3 is 0 Å². The van der Waals surface area contributed by atoms with Gasteiger partial charge in [-0.1, -0.05) is 48.3 Å². The molecule has 0 saturated carbocycles. The highest BCUT2D eigenvalue weighted by Crippen LogP contribution is 2.39. The van der Waals surface area contributed by atoms with Crippen LogP contribution in [0.2, 0.25) is 5.02 Å². The molecule has 0 spiro atoms. The van der Waals surface area contributed by atoms with Gasteiger partial charge in [-0.25, -0.2) is 0 Å². The third kappa shape index (κ3) is 2.17. The van der Waals surface area contributed by atoms with Crippen LogP contribution >= 0.6 is 27.5 Å². The molecule has 1 heterocycles. The molecule has 3 rings (SSSR count). The number of hydrogen-bond donors (Lipinski definition) is 0. The lowest BCUT2D eigenvalue weighted by Crippen LogP contribution is -2.11. The first kappa shape index (κ1) is 13.0. The monoisotopic (exact) mass is 336 g/mol. The second-order valence-electron chi connectivity index (χ2n) is 5.82. The number of furan rings is 1. The van der Waals surface area contributed by atoms with E-state index in [-0.39, 0.29) is 5.41 Å². The van der Waals surface area contributed by atoms with E-state index in [1.807, 2.05) is 24.3 Å². The molecule has 0 saturated heterocycles. The zero-order valence-corrected chi connectivity index (χ0v) is 13.4. The number of rotatable bonds is 0. The number of fused-ring (bicyclic) bond motifs is 3. The van der Waals surface area contributed by atoms with Crippen LogP contribution in [0.25, 0.3) is 21.9 Å². The van der Waals surface area contributed by atoms with E-state index in [1.165, 1.54) is 0 Å². The summed E-state index contributed by atoms with van der Waals surface area (Å²) in [6.45, 7) is 6.50. The van der Waals surface area contributed by atoms with E-state index in [2.05, 4.69) is 42.8 Å². The minimum atomic E-state index is -0.00570. The molecule has 2 aromatic carbocycles. The highest BCUT2D eigenvalue weighted by molar-refractivity contribution is 9.10. The summed E-state index contributed by atoms with van der Waals surface area (Å²) in [6.07, 6.45) is 0. The van der Waals surface area contributed by atoms with Gasteiger partial charge in [0.1, 0.15) is 11.2 Å². The maximum absolute atomic E-state index is 6.27. The SMILES string of the molecule is CC(C)(C)c1cc(Cl)cc2c1oc1ccc(Br)cc12. The van der Waals surface area contributed by atoms with Crippen LogP contribution in [0.3, 0.4) is 0 Å². The zero-order chi connectivity index (χ0) is 13.8. The van der Waals surface area contributed by atoms with Crippen molar-refractivity contribution in [1.29, 1.82) is 0 Å². The molecule has 1 aromatic heterocycles. The van der Waals surface area contributed by atoms with Gasteiger partial charge in [-0.05, 0) is 35.7 Å². The Bertz CT molecular complexity index is 781. The Morgan fingerprint density at radius 3 is 2.47 bits per heavy atom. The van der Waals surface area contributed by atoms with Crippen molar-refractivity contribution in [3.63, 3.8) is 0 Å². The van der Waals surface area contributed by atoms with Crippen LogP contribution in [0.1, 0.15) is 26.3 Å². The van der Waals surface area contributed by atoms with Crippen molar-refractivity contribution in [2.45, 2.75) is 26.2 Å². The van der Waals surface area contributed by atoms with Crippen LogP contribution in [-0.2, 0) is 5.41 Å². The molecule has 0 bridgehead atoms. The molecule has 0 atom stereocenters. The molecule has 0 fully saturated rings. The van der Waals surface area contributed by atoms with Crippen LogP contribution in [0.15, 0.2) is 39.2 Å². The summed E-state index contributed by atoms with van der Waals surface area (Å²) >= 11 is 9.78. The van der Waals surface area contributed by atoms with E-state index < -0.39 is 0 Å². The van der Waals surface area contributed by atoms with E-state index in [0.717, 1.165) is 37.0 Å². The first-order valence-electron chi connectivity index (χ1n) is 6.18. The van der Waals surface area contributed by atoms with Gasteiger partial charge in [0.15, 0.2) is 0 Å². The summed E-state index contributed by atoms with van der Waals surface area (Å²) < 4.78 is 7.08. The summed E-state index contributed by atoms with van der Waals surface area (Å²) in [5.41, 5.74) is 2.96. The van der Waals surface area contributed by atoms with E-state index in [4.69, 9.17) is 16.0 Å². The smallest absolute Gasteiger partial charge is 0.139 e. The van der Waals surface area contributed by atoms with Crippen molar-refractivity contribution >= 4 is 49.5 Å². The van der Waals surface area contributed by atoms with Gasteiger partial charge in [0.2, 0.25) is 0 Å². The zero-order valence-electron chi connectivity index (χ0n) is 11.1. The van der Waals surface area contributed by atoms with Crippen molar-refractivity contribution in [3.05, 3.63) is 45.4 Å². The van der Waals surface area contributed by atoms with Gasteiger partial charge in [-0.2, -0.15) is 0 Å². The maximum atomic E-state index is 6.27. The molecule has 0 aliphatic heterocycles. The standard InChI is InChI=1S/C16H14BrClO/c1-16(2,3)13-8-10(18)7-12-11-6-9(17)4-5-14(11)19-15(12)13/h4-8H,1-3H3. The summed E-state index contributed by atoms with van der Waals surface area (Å²) in [5, 5.41) is 2.92. The molecule has 3 aromatic rings. The van der Waals surface area contributed by atoms with Gasteiger partial charge in [0, 0.05) is 25.8 Å². The predicted molar refractivity (Wildman–Crippen MR) is 85.1 cm³/mol. The van der Waals surface area contributed by atoms with Gasteiger partial charge in [0.25, 0.3) is 0 Å². The minimum absolute atomic E-state index is 0.00570. The lowest BCUT2D eigenvalue weighted by atomic mass is 9.86. The first-order chi connectivity index (χ1) is 8.86. The minimum Gasteiger partial charge on any atom is -0.456 e. The van der Waals surface area contributed by atoms with E-state index in [0.29, 0.717) is 0 Å². The highest BCUT2D eigenvalue weighted by atomic mass is 79.9. The summed E-state index contributed by atoms with van der Waals surface area (Å²) in [7, 11) is 0. The Morgan fingerprint density at radius 1 is 1.05 bits per heavy atom. The molecule has 3 heteroatoms. The van der Waals surface area contributed by atoms with Crippen LogP contribution in [-0.4, -0.2) is 0 Å². The molecule has 0 aliphatic rings. The van der Waals surface area contributed by atoms with Crippen LogP contribution in [0.5, 0.6) is 0 Å². The second kappa shape index (κ2) is 4.26. The third-order valence-electron chi connectivity index (χ3n) is 3.31. The molecule has 0 amide bonds. The van der Waals surface area contributed by atoms with Crippen molar-refractivity contribution in [1.82, 2.24) is 0 Å². The fourth-order valence-electron chi connectivity index (χ4n) is 2.37. The van der Waals surface area contributed by atoms with Crippen LogP contribution < -0.4 is 0 Å². The quantitative estimate of drug-likeness (QED) is 0.469. The van der Waals surface area contributed by atoms with Crippen LogP contribution in [0, 0.1) is 0 Å². The van der Waals surface area contributed by atoms with Crippen molar-refractivity contribution in [3.8, 4) is 0 Å². The largest absolute Gasteiger partial charge is 0.456 e. The lowest BCUT2D eigenvalue weighted by Gasteiger charge is -2.19. The van der Waals surface area contributed by atoms with E-state index >= 15 is 0 Å². The number of halogens is 2. The lowest BCUT2D eigenvalue weighted by molar-refractivity contribution is 0.573. The molecule has 0 radical (unpaired) electrons. The Balaban J connectivity index is 2.50. The first-order valence-corrected chi connectivity index (χ1v) is 7.35.